The quantitative estimate of drug-likeness (QED) is 0.420. The third-order valence-electron chi connectivity index (χ3n) is 5.51. The van der Waals surface area contributed by atoms with E-state index >= 15 is 4.39 Å². The number of rotatable bonds is 7. The Balaban J connectivity index is 1.92. The lowest BCUT2D eigenvalue weighted by molar-refractivity contribution is 0.384. The highest BCUT2D eigenvalue weighted by Gasteiger charge is 2.22. The Hall–Kier alpha value is -3.82. The lowest BCUT2D eigenvalue weighted by Crippen LogP contribution is -2.44. The van der Waals surface area contributed by atoms with E-state index in [2.05, 4.69) is 5.10 Å². The fourth-order valence-corrected chi connectivity index (χ4v) is 3.92. The van der Waals surface area contributed by atoms with Crippen LogP contribution in [0, 0.1) is 11.6 Å². The van der Waals surface area contributed by atoms with Crippen LogP contribution in [0.25, 0.3) is 5.69 Å². The molecule has 0 aliphatic carbocycles. The number of ether oxygens (including phenoxy) is 1. The standard InChI is InChI=1S/C25H21ClF2N4O3/c1-35-22-12-6-11-21(23(22)28)32-24(33)20(13-16-17(26)9-5-10-18(16)27)30-31(25(32)34)14-19(29)15-7-3-2-4-8-15/h2-12,19H,13-14,29H2,1H3. The summed E-state index contributed by atoms with van der Waals surface area (Å²) in [6.07, 6.45) is -0.323. The summed E-state index contributed by atoms with van der Waals surface area (Å²) in [5.74, 6) is -1.71. The molecule has 0 bridgehead atoms. The summed E-state index contributed by atoms with van der Waals surface area (Å²) in [6, 6.07) is 16.5. The first-order valence-electron chi connectivity index (χ1n) is 10.6. The van der Waals surface area contributed by atoms with Crippen molar-refractivity contribution in [3.8, 4) is 11.4 Å². The fourth-order valence-electron chi connectivity index (χ4n) is 3.70. The lowest BCUT2D eigenvalue weighted by atomic mass is 10.1. The van der Waals surface area contributed by atoms with Crippen LogP contribution in [0.2, 0.25) is 5.02 Å². The molecule has 0 amide bonds. The van der Waals surface area contributed by atoms with Crippen molar-refractivity contribution in [1.82, 2.24) is 14.3 Å². The Kier molecular flexibility index (Phi) is 7.09. The number of aromatic nitrogens is 3. The summed E-state index contributed by atoms with van der Waals surface area (Å²) >= 11 is 6.15. The molecule has 1 unspecified atom stereocenters. The molecule has 2 N–H and O–H groups in total. The van der Waals surface area contributed by atoms with E-state index in [-0.39, 0.29) is 40.7 Å². The molecular formula is C25H21ClF2N4O3. The number of nitrogens with zero attached hydrogens (tertiary/aromatic N) is 3. The van der Waals surface area contributed by atoms with E-state index in [4.69, 9.17) is 22.1 Å². The highest BCUT2D eigenvalue weighted by Crippen LogP contribution is 2.23. The van der Waals surface area contributed by atoms with E-state index in [0.717, 1.165) is 10.2 Å². The van der Waals surface area contributed by atoms with Crippen LogP contribution in [0.3, 0.4) is 0 Å². The third-order valence-corrected chi connectivity index (χ3v) is 5.86. The highest BCUT2D eigenvalue weighted by atomic mass is 35.5. The Morgan fingerprint density at radius 3 is 2.43 bits per heavy atom. The molecule has 1 aromatic heterocycles. The van der Waals surface area contributed by atoms with Gasteiger partial charge < -0.3 is 10.5 Å². The van der Waals surface area contributed by atoms with Crippen LogP contribution >= 0.6 is 11.6 Å². The van der Waals surface area contributed by atoms with E-state index in [1.54, 1.807) is 24.3 Å². The van der Waals surface area contributed by atoms with Crippen LogP contribution < -0.4 is 21.7 Å². The summed E-state index contributed by atoms with van der Waals surface area (Å²) in [5, 5.41) is 4.27. The average molecular weight is 499 g/mol. The van der Waals surface area contributed by atoms with Crippen molar-refractivity contribution in [1.29, 1.82) is 0 Å². The molecule has 35 heavy (non-hydrogen) atoms. The van der Waals surface area contributed by atoms with Crippen molar-refractivity contribution in [3.05, 3.63) is 121 Å². The van der Waals surface area contributed by atoms with Crippen LogP contribution in [0.5, 0.6) is 5.75 Å². The first-order chi connectivity index (χ1) is 16.8. The van der Waals surface area contributed by atoms with Crippen LogP contribution in [0.1, 0.15) is 22.9 Å². The number of methoxy groups -OCH3 is 1. The van der Waals surface area contributed by atoms with Gasteiger partial charge >= 0.3 is 5.69 Å². The number of nitrogens with two attached hydrogens (primary N) is 1. The van der Waals surface area contributed by atoms with E-state index in [0.29, 0.717) is 4.57 Å². The molecular weight excluding hydrogens is 478 g/mol. The van der Waals surface area contributed by atoms with Crippen molar-refractivity contribution in [2.24, 2.45) is 5.73 Å². The minimum absolute atomic E-state index is 0.0222. The summed E-state index contributed by atoms with van der Waals surface area (Å²) in [6.45, 7) is -0.118. The molecule has 4 aromatic rings. The zero-order valence-corrected chi connectivity index (χ0v) is 19.4. The topological polar surface area (TPSA) is 92.1 Å². The molecule has 0 saturated carbocycles. The second-order valence-corrected chi connectivity index (χ2v) is 8.15. The first-order valence-corrected chi connectivity index (χ1v) is 11.0. The molecule has 0 aliphatic rings. The summed E-state index contributed by atoms with van der Waals surface area (Å²) in [4.78, 5) is 26.7. The summed E-state index contributed by atoms with van der Waals surface area (Å²) < 4.78 is 36.2. The Morgan fingerprint density at radius 1 is 1.03 bits per heavy atom. The van der Waals surface area contributed by atoms with Gasteiger partial charge in [-0.1, -0.05) is 54.1 Å². The maximum absolute atomic E-state index is 15.1. The molecule has 0 radical (unpaired) electrons. The number of benzene rings is 3. The van der Waals surface area contributed by atoms with Crippen molar-refractivity contribution in [2.75, 3.05) is 7.11 Å². The van der Waals surface area contributed by atoms with Crippen molar-refractivity contribution < 1.29 is 13.5 Å². The van der Waals surface area contributed by atoms with Crippen molar-refractivity contribution >= 4 is 11.6 Å². The predicted octanol–water partition coefficient (Wildman–Crippen LogP) is 3.63. The van der Waals surface area contributed by atoms with Gasteiger partial charge in [-0.3, -0.25) is 4.79 Å². The van der Waals surface area contributed by atoms with Crippen LogP contribution in [-0.2, 0) is 13.0 Å². The molecule has 3 aromatic carbocycles. The second-order valence-electron chi connectivity index (χ2n) is 7.74. The normalized spacial score (nSPS) is 11.9. The van der Waals surface area contributed by atoms with Crippen molar-refractivity contribution in [2.45, 2.75) is 19.0 Å². The van der Waals surface area contributed by atoms with E-state index in [9.17, 15) is 14.0 Å². The number of hydrogen-bond donors (Lipinski definition) is 1. The summed E-state index contributed by atoms with van der Waals surface area (Å²) in [5.41, 5.74) is 4.68. The SMILES string of the molecule is COc1cccc(-n2c(=O)c(Cc3c(F)cccc3Cl)nn(CC(N)c3ccccc3)c2=O)c1F. The highest BCUT2D eigenvalue weighted by molar-refractivity contribution is 6.31. The van der Waals surface area contributed by atoms with Crippen LogP contribution in [0.4, 0.5) is 8.78 Å². The van der Waals surface area contributed by atoms with E-state index in [1.165, 1.54) is 43.5 Å². The van der Waals surface area contributed by atoms with E-state index < -0.39 is 28.9 Å². The average Bonchev–Trinajstić information content (AvgIpc) is 2.85. The summed E-state index contributed by atoms with van der Waals surface area (Å²) in [7, 11) is 1.26. The van der Waals surface area contributed by atoms with Gasteiger partial charge in [0.25, 0.3) is 5.56 Å². The molecule has 4 rings (SSSR count). The van der Waals surface area contributed by atoms with Gasteiger partial charge in [-0.2, -0.15) is 5.10 Å². The first kappa shape index (κ1) is 24.3. The van der Waals surface area contributed by atoms with Crippen molar-refractivity contribution in [3.63, 3.8) is 0 Å². The molecule has 1 heterocycles. The molecule has 7 nitrogen and oxygen atoms in total. The molecule has 180 valence electrons. The van der Waals surface area contributed by atoms with Gasteiger partial charge in [-0.05, 0) is 29.8 Å². The molecule has 1 atom stereocenters. The zero-order chi connectivity index (χ0) is 25.1. The second kappa shape index (κ2) is 10.2. The van der Waals surface area contributed by atoms with Crippen LogP contribution in [0.15, 0.2) is 76.3 Å². The smallest absolute Gasteiger partial charge is 0.352 e. The van der Waals surface area contributed by atoms with Gasteiger partial charge in [0.15, 0.2) is 11.6 Å². The molecule has 10 heteroatoms. The van der Waals surface area contributed by atoms with Gasteiger partial charge in [-0.15, -0.1) is 0 Å². The number of hydrogen-bond acceptors (Lipinski definition) is 5. The van der Waals surface area contributed by atoms with Gasteiger partial charge in [0.1, 0.15) is 11.5 Å². The Labute approximate surface area is 204 Å². The number of halogens is 3. The fraction of sp³-hybridized carbons (Fsp3) is 0.160. The van der Waals surface area contributed by atoms with Gasteiger partial charge in [-0.25, -0.2) is 22.8 Å². The molecule has 0 fully saturated rings. The minimum Gasteiger partial charge on any atom is -0.494 e. The Bertz CT molecular complexity index is 1470. The maximum atomic E-state index is 15.1. The van der Waals surface area contributed by atoms with Crippen LogP contribution in [-0.4, -0.2) is 21.5 Å². The zero-order valence-electron chi connectivity index (χ0n) is 18.6. The third kappa shape index (κ3) is 4.87. The van der Waals surface area contributed by atoms with Gasteiger partial charge in [0, 0.05) is 23.0 Å². The Morgan fingerprint density at radius 2 is 1.74 bits per heavy atom. The molecule has 0 spiro atoms. The van der Waals surface area contributed by atoms with Gasteiger partial charge in [0.2, 0.25) is 0 Å². The molecule has 0 saturated heterocycles. The predicted molar refractivity (Wildman–Crippen MR) is 128 cm³/mol. The largest absolute Gasteiger partial charge is 0.494 e. The maximum Gasteiger partial charge on any atom is 0.352 e. The monoisotopic (exact) mass is 498 g/mol. The lowest BCUT2D eigenvalue weighted by Gasteiger charge is -2.17. The minimum atomic E-state index is -0.911. The van der Waals surface area contributed by atoms with E-state index in [1.807, 2.05) is 6.07 Å². The van der Waals surface area contributed by atoms with Gasteiger partial charge in [0.05, 0.1) is 19.3 Å². The molecule has 0 aliphatic heterocycles.